The zero-order valence-corrected chi connectivity index (χ0v) is 10.1. The highest BCUT2D eigenvalue weighted by Crippen LogP contribution is 2.26. The number of aliphatic hydroxyl groups excluding tert-OH is 1. The van der Waals surface area contributed by atoms with Gasteiger partial charge >= 0.3 is 0 Å². The summed E-state index contributed by atoms with van der Waals surface area (Å²) in [5, 5.41) is 9.54. The van der Waals surface area contributed by atoms with Crippen molar-refractivity contribution in [2.45, 2.75) is 25.5 Å². The van der Waals surface area contributed by atoms with Crippen molar-refractivity contribution in [3.63, 3.8) is 0 Å². The summed E-state index contributed by atoms with van der Waals surface area (Å²) >= 11 is 0. The molecule has 16 heavy (non-hydrogen) atoms. The fourth-order valence-electron chi connectivity index (χ4n) is 1.40. The van der Waals surface area contributed by atoms with E-state index in [0.29, 0.717) is 6.42 Å². The molecule has 1 aromatic rings. The molecule has 1 aromatic carbocycles. The highest BCUT2D eigenvalue weighted by molar-refractivity contribution is 5.85. The summed E-state index contributed by atoms with van der Waals surface area (Å²) in [6, 6.07) is 4.01. The lowest BCUT2D eigenvalue weighted by Crippen LogP contribution is -2.26. The monoisotopic (exact) mass is 249 g/mol. The van der Waals surface area contributed by atoms with E-state index in [1.165, 1.54) is 13.2 Å². The van der Waals surface area contributed by atoms with Crippen LogP contribution in [0.4, 0.5) is 4.39 Å². The molecule has 3 nitrogen and oxygen atoms in total. The number of methoxy groups -OCH3 is 1. The van der Waals surface area contributed by atoms with Crippen LogP contribution < -0.4 is 10.5 Å². The lowest BCUT2D eigenvalue weighted by atomic mass is 10.00. The molecule has 0 aromatic heterocycles. The molecule has 0 saturated heterocycles. The zero-order chi connectivity index (χ0) is 11.4. The molecule has 0 aliphatic heterocycles. The number of hydrogen-bond acceptors (Lipinski definition) is 3. The van der Waals surface area contributed by atoms with Crippen molar-refractivity contribution in [2.75, 3.05) is 7.11 Å². The van der Waals surface area contributed by atoms with Crippen molar-refractivity contribution in [1.29, 1.82) is 0 Å². The molecule has 0 unspecified atom stereocenters. The molecule has 5 heteroatoms. The Labute approximate surface area is 101 Å². The van der Waals surface area contributed by atoms with Crippen LogP contribution in [0, 0.1) is 5.82 Å². The molecule has 0 spiro atoms. The van der Waals surface area contributed by atoms with Crippen LogP contribution >= 0.6 is 12.4 Å². The van der Waals surface area contributed by atoms with Crippen molar-refractivity contribution < 1.29 is 14.2 Å². The van der Waals surface area contributed by atoms with Crippen molar-refractivity contribution in [3.05, 3.63) is 29.6 Å². The summed E-state index contributed by atoms with van der Waals surface area (Å²) in [5.41, 5.74) is 6.01. The van der Waals surface area contributed by atoms with E-state index in [1.54, 1.807) is 19.1 Å². The quantitative estimate of drug-likeness (QED) is 0.859. The van der Waals surface area contributed by atoms with E-state index in [0.717, 1.165) is 0 Å². The van der Waals surface area contributed by atoms with Gasteiger partial charge < -0.3 is 15.6 Å². The fourth-order valence-corrected chi connectivity index (χ4v) is 1.40. The van der Waals surface area contributed by atoms with Crippen LogP contribution in [0.5, 0.6) is 5.75 Å². The van der Waals surface area contributed by atoms with Crippen LogP contribution in [-0.4, -0.2) is 18.3 Å². The second-order valence-corrected chi connectivity index (χ2v) is 3.36. The summed E-state index contributed by atoms with van der Waals surface area (Å²) in [6.45, 7) is 1.79. The summed E-state index contributed by atoms with van der Waals surface area (Å²) < 4.78 is 18.5. The minimum atomic E-state index is -0.744. The van der Waals surface area contributed by atoms with Crippen LogP contribution in [0.15, 0.2) is 18.2 Å². The topological polar surface area (TPSA) is 55.5 Å². The van der Waals surface area contributed by atoms with E-state index in [2.05, 4.69) is 0 Å². The molecule has 2 atom stereocenters. The van der Waals surface area contributed by atoms with Crippen molar-refractivity contribution >= 4 is 12.4 Å². The van der Waals surface area contributed by atoms with Gasteiger partial charge in [-0.1, -0.05) is 19.1 Å². The number of benzene rings is 1. The van der Waals surface area contributed by atoms with Gasteiger partial charge in [0.05, 0.1) is 19.3 Å². The molecule has 3 N–H and O–H groups in total. The van der Waals surface area contributed by atoms with Gasteiger partial charge in [0, 0.05) is 5.56 Å². The Bertz CT molecular complexity index is 336. The molecule has 0 bridgehead atoms. The molecule has 0 saturated carbocycles. The Morgan fingerprint density at radius 1 is 1.50 bits per heavy atom. The van der Waals surface area contributed by atoms with Crippen LogP contribution in [0.25, 0.3) is 0 Å². The van der Waals surface area contributed by atoms with Gasteiger partial charge in [-0.15, -0.1) is 12.4 Å². The molecule has 92 valence electrons. The molecule has 1 rings (SSSR count). The second kappa shape index (κ2) is 6.68. The van der Waals surface area contributed by atoms with Crippen LogP contribution in [0.2, 0.25) is 0 Å². The normalized spacial score (nSPS) is 13.8. The average Bonchev–Trinajstić information content (AvgIpc) is 2.27. The molecule has 0 aliphatic rings. The van der Waals surface area contributed by atoms with Crippen LogP contribution in [0.3, 0.4) is 0 Å². The van der Waals surface area contributed by atoms with E-state index in [1.807, 2.05) is 0 Å². The molecule has 0 amide bonds. The maximum atomic E-state index is 13.7. The lowest BCUT2D eigenvalue weighted by Gasteiger charge is -2.18. The van der Waals surface area contributed by atoms with Gasteiger partial charge in [0.2, 0.25) is 0 Å². The van der Waals surface area contributed by atoms with E-state index in [4.69, 9.17) is 10.5 Å². The first-order chi connectivity index (χ1) is 7.11. The first-order valence-electron chi connectivity index (χ1n) is 4.87. The Morgan fingerprint density at radius 2 is 2.12 bits per heavy atom. The van der Waals surface area contributed by atoms with Gasteiger partial charge in [0.1, 0.15) is 0 Å². The largest absolute Gasteiger partial charge is 0.494 e. The Kier molecular flexibility index (Phi) is 6.33. The van der Waals surface area contributed by atoms with Crippen molar-refractivity contribution in [3.8, 4) is 5.75 Å². The first kappa shape index (κ1) is 15.2. The smallest absolute Gasteiger partial charge is 0.169 e. The van der Waals surface area contributed by atoms with Gasteiger partial charge in [-0.3, -0.25) is 0 Å². The predicted molar refractivity (Wildman–Crippen MR) is 63.4 cm³/mol. The van der Waals surface area contributed by atoms with E-state index in [9.17, 15) is 9.50 Å². The third kappa shape index (κ3) is 3.07. The number of halogens is 2. The maximum Gasteiger partial charge on any atom is 0.169 e. The van der Waals surface area contributed by atoms with Crippen molar-refractivity contribution in [1.82, 2.24) is 0 Å². The number of hydrogen-bond donors (Lipinski definition) is 2. The van der Waals surface area contributed by atoms with E-state index in [-0.39, 0.29) is 23.7 Å². The minimum Gasteiger partial charge on any atom is -0.494 e. The molecule has 0 fully saturated rings. The number of aliphatic hydroxyl groups is 1. The summed E-state index contributed by atoms with van der Waals surface area (Å²) in [4.78, 5) is 0. The Balaban J connectivity index is 0.00000225. The van der Waals surface area contributed by atoms with Crippen LogP contribution in [-0.2, 0) is 0 Å². The lowest BCUT2D eigenvalue weighted by molar-refractivity contribution is 0.139. The third-order valence-electron chi connectivity index (χ3n) is 2.41. The van der Waals surface area contributed by atoms with Crippen LogP contribution in [0.1, 0.15) is 24.9 Å². The summed E-state index contributed by atoms with van der Waals surface area (Å²) in [6.07, 6.45) is -0.260. The average molecular weight is 250 g/mol. The SMILES string of the molecule is CC[C@@H](O)[C@@H](N)c1cccc(OC)c1F.Cl. The highest BCUT2D eigenvalue weighted by Gasteiger charge is 2.20. The molecule has 0 radical (unpaired) electrons. The molecule has 0 aliphatic carbocycles. The maximum absolute atomic E-state index is 13.7. The summed E-state index contributed by atoms with van der Waals surface area (Å²) in [7, 11) is 1.39. The summed E-state index contributed by atoms with van der Waals surface area (Å²) in [5.74, 6) is -0.355. The number of nitrogens with two attached hydrogens (primary N) is 1. The number of ether oxygens (including phenoxy) is 1. The van der Waals surface area contributed by atoms with Crippen molar-refractivity contribution in [2.24, 2.45) is 5.73 Å². The van der Waals surface area contributed by atoms with Gasteiger partial charge in [-0.05, 0) is 12.5 Å². The zero-order valence-electron chi connectivity index (χ0n) is 9.31. The minimum absolute atomic E-state index is 0. The molecular weight excluding hydrogens is 233 g/mol. The molecular formula is C11H17ClFNO2. The second-order valence-electron chi connectivity index (χ2n) is 3.36. The Morgan fingerprint density at radius 3 is 2.62 bits per heavy atom. The number of rotatable bonds is 4. The predicted octanol–water partition coefficient (Wildman–Crippen LogP) is 2.03. The van der Waals surface area contributed by atoms with Gasteiger partial charge in [-0.25, -0.2) is 4.39 Å². The molecule has 0 heterocycles. The highest BCUT2D eigenvalue weighted by atomic mass is 35.5. The van der Waals surface area contributed by atoms with E-state index < -0.39 is 18.0 Å². The standard InChI is InChI=1S/C11H16FNO2.ClH/c1-3-8(14)11(13)7-5-4-6-9(15-2)10(7)12;/h4-6,8,11,14H,3,13H2,1-2H3;1H/t8-,11+;/m1./s1. The van der Waals surface area contributed by atoms with Gasteiger partial charge in [0.15, 0.2) is 11.6 Å². The Hall–Kier alpha value is -0.840. The van der Waals surface area contributed by atoms with Gasteiger partial charge in [-0.2, -0.15) is 0 Å². The third-order valence-corrected chi connectivity index (χ3v) is 2.41. The van der Waals surface area contributed by atoms with E-state index >= 15 is 0 Å². The first-order valence-corrected chi connectivity index (χ1v) is 4.87. The van der Waals surface area contributed by atoms with Gasteiger partial charge in [0.25, 0.3) is 0 Å². The fraction of sp³-hybridized carbons (Fsp3) is 0.455.